The van der Waals surface area contributed by atoms with Crippen LogP contribution in [0.15, 0.2) is 18.2 Å². The third-order valence-corrected chi connectivity index (χ3v) is 4.02. The van der Waals surface area contributed by atoms with E-state index < -0.39 is 0 Å². The first-order valence-corrected chi connectivity index (χ1v) is 7.03. The van der Waals surface area contributed by atoms with E-state index in [9.17, 15) is 0 Å². The average molecular weight is 247 g/mol. The minimum atomic E-state index is 0.574. The molecule has 1 aliphatic heterocycles. The second-order valence-electron chi connectivity index (χ2n) is 5.74. The van der Waals surface area contributed by atoms with E-state index >= 15 is 0 Å². The van der Waals surface area contributed by atoms with Crippen molar-refractivity contribution >= 4 is 0 Å². The number of rotatable bonds is 3. The van der Waals surface area contributed by atoms with Crippen LogP contribution < -0.4 is 10.1 Å². The third kappa shape index (κ3) is 2.86. The fourth-order valence-corrected chi connectivity index (χ4v) is 2.70. The van der Waals surface area contributed by atoms with Crippen LogP contribution in [0.4, 0.5) is 0 Å². The predicted molar refractivity (Wildman–Crippen MR) is 76.5 cm³/mol. The van der Waals surface area contributed by atoms with E-state index in [0.29, 0.717) is 17.9 Å². The molecule has 1 aromatic rings. The summed E-state index contributed by atoms with van der Waals surface area (Å²) in [4.78, 5) is 0. The van der Waals surface area contributed by atoms with Crippen molar-refractivity contribution in [3.63, 3.8) is 0 Å². The predicted octanol–water partition coefficient (Wildman–Crippen LogP) is 3.67. The van der Waals surface area contributed by atoms with Gasteiger partial charge in [-0.25, -0.2) is 0 Å². The van der Waals surface area contributed by atoms with Crippen molar-refractivity contribution in [2.24, 2.45) is 0 Å². The van der Waals surface area contributed by atoms with Crippen LogP contribution in [0.1, 0.15) is 56.6 Å². The second-order valence-corrected chi connectivity index (χ2v) is 5.74. The summed E-state index contributed by atoms with van der Waals surface area (Å²) in [6.45, 7) is 7.82. The highest BCUT2D eigenvalue weighted by Gasteiger charge is 2.22. The maximum absolute atomic E-state index is 5.53. The number of nitrogens with one attached hydrogen (secondary N) is 1. The molecule has 100 valence electrons. The lowest BCUT2D eigenvalue weighted by Gasteiger charge is -2.29. The Bertz CT molecular complexity index is 392. The quantitative estimate of drug-likeness (QED) is 0.880. The molecule has 2 atom stereocenters. The lowest BCUT2D eigenvalue weighted by atomic mass is 9.86. The summed E-state index contributed by atoms with van der Waals surface area (Å²) in [5.41, 5.74) is 2.78. The van der Waals surface area contributed by atoms with E-state index in [-0.39, 0.29) is 0 Å². The Hall–Kier alpha value is -1.02. The van der Waals surface area contributed by atoms with E-state index in [1.165, 1.54) is 24.0 Å². The molecule has 0 aliphatic carbocycles. The Labute approximate surface area is 111 Å². The summed E-state index contributed by atoms with van der Waals surface area (Å²) < 4.78 is 5.53. The highest BCUT2D eigenvalue weighted by molar-refractivity contribution is 5.41. The number of benzene rings is 1. The molecule has 0 bridgehead atoms. The Morgan fingerprint density at radius 3 is 2.61 bits per heavy atom. The van der Waals surface area contributed by atoms with Gasteiger partial charge in [-0.15, -0.1) is 0 Å². The van der Waals surface area contributed by atoms with Crippen molar-refractivity contribution in [3.8, 4) is 5.75 Å². The molecule has 0 spiro atoms. The summed E-state index contributed by atoms with van der Waals surface area (Å²) >= 11 is 0. The maximum Gasteiger partial charge on any atom is 0.122 e. The molecule has 1 fully saturated rings. The zero-order valence-corrected chi connectivity index (χ0v) is 12.0. The summed E-state index contributed by atoms with van der Waals surface area (Å²) in [6, 6.07) is 7.31. The monoisotopic (exact) mass is 247 g/mol. The van der Waals surface area contributed by atoms with Gasteiger partial charge >= 0.3 is 0 Å². The molecule has 0 radical (unpaired) electrons. The van der Waals surface area contributed by atoms with E-state index in [4.69, 9.17) is 4.74 Å². The van der Waals surface area contributed by atoms with Gasteiger partial charge in [0.2, 0.25) is 0 Å². The molecule has 18 heavy (non-hydrogen) atoms. The lowest BCUT2D eigenvalue weighted by molar-refractivity contribution is 0.364. The zero-order chi connectivity index (χ0) is 13.1. The first-order chi connectivity index (χ1) is 8.61. The summed E-state index contributed by atoms with van der Waals surface area (Å²) in [7, 11) is 1.77. The molecule has 0 aromatic heterocycles. The lowest BCUT2D eigenvalue weighted by Crippen LogP contribution is -2.35. The Morgan fingerprint density at radius 2 is 2.06 bits per heavy atom. The van der Waals surface area contributed by atoms with Crippen LogP contribution >= 0.6 is 0 Å². The van der Waals surface area contributed by atoms with Crippen molar-refractivity contribution in [3.05, 3.63) is 29.3 Å². The van der Waals surface area contributed by atoms with Gasteiger partial charge in [-0.3, -0.25) is 0 Å². The van der Waals surface area contributed by atoms with Crippen molar-refractivity contribution in [1.29, 1.82) is 0 Å². The molecule has 0 saturated carbocycles. The third-order valence-electron chi connectivity index (χ3n) is 4.02. The Morgan fingerprint density at radius 1 is 1.28 bits per heavy atom. The van der Waals surface area contributed by atoms with Gasteiger partial charge in [0, 0.05) is 18.5 Å². The SMILES string of the molecule is COc1ccc(C(C)C)cc1C1CCC(C)NC1. The summed E-state index contributed by atoms with van der Waals surface area (Å²) in [6.07, 6.45) is 2.51. The van der Waals surface area contributed by atoms with E-state index in [1.807, 2.05) is 0 Å². The summed E-state index contributed by atoms with van der Waals surface area (Å²) in [5.74, 6) is 2.21. The van der Waals surface area contributed by atoms with Crippen LogP contribution in [-0.2, 0) is 0 Å². The topological polar surface area (TPSA) is 21.3 Å². The molecule has 2 nitrogen and oxygen atoms in total. The molecule has 1 aliphatic rings. The van der Waals surface area contributed by atoms with Crippen molar-refractivity contribution in [2.75, 3.05) is 13.7 Å². The number of hydrogen-bond donors (Lipinski definition) is 1. The fraction of sp³-hybridized carbons (Fsp3) is 0.625. The number of ether oxygens (including phenoxy) is 1. The molecule has 1 aromatic carbocycles. The standard InChI is InChI=1S/C16H25NO/c1-11(2)13-7-8-16(18-4)15(9-13)14-6-5-12(3)17-10-14/h7-9,11-12,14,17H,5-6,10H2,1-4H3. The first kappa shape index (κ1) is 13.4. The van der Waals surface area contributed by atoms with Gasteiger partial charge in [0.1, 0.15) is 5.75 Å². The molecular weight excluding hydrogens is 222 g/mol. The second kappa shape index (κ2) is 5.75. The number of piperidine rings is 1. The molecule has 1 N–H and O–H groups in total. The van der Waals surface area contributed by atoms with Crippen LogP contribution in [0.5, 0.6) is 5.75 Å². The van der Waals surface area contributed by atoms with Gasteiger partial charge in [-0.1, -0.05) is 26.0 Å². The highest BCUT2D eigenvalue weighted by atomic mass is 16.5. The summed E-state index contributed by atoms with van der Waals surface area (Å²) in [5, 5.41) is 3.57. The van der Waals surface area contributed by atoms with Gasteiger partial charge in [0.05, 0.1) is 7.11 Å². The molecule has 2 rings (SSSR count). The number of hydrogen-bond acceptors (Lipinski definition) is 2. The minimum Gasteiger partial charge on any atom is -0.496 e. The zero-order valence-electron chi connectivity index (χ0n) is 12.0. The molecular formula is C16H25NO. The van der Waals surface area contributed by atoms with Crippen molar-refractivity contribution < 1.29 is 4.74 Å². The maximum atomic E-state index is 5.53. The van der Waals surface area contributed by atoms with Crippen LogP contribution in [0, 0.1) is 0 Å². The highest BCUT2D eigenvalue weighted by Crippen LogP contribution is 2.34. The molecule has 2 unspecified atom stereocenters. The van der Waals surface area contributed by atoms with Gasteiger partial charge < -0.3 is 10.1 Å². The Balaban J connectivity index is 2.26. The normalized spacial score (nSPS) is 24.3. The van der Waals surface area contributed by atoms with Crippen LogP contribution in [0.3, 0.4) is 0 Å². The fourth-order valence-electron chi connectivity index (χ4n) is 2.70. The largest absolute Gasteiger partial charge is 0.496 e. The van der Waals surface area contributed by atoms with E-state index in [1.54, 1.807) is 7.11 Å². The van der Waals surface area contributed by atoms with Gasteiger partial charge in [-0.2, -0.15) is 0 Å². The van der Waals surface area contributed by atoms with Crippen LogP contribution in [-0.4, -0.2) is 19.7 Å². The van der Waals surface area contributed by atoms with Crippen LogP contribution in [0.25, 0.3) is 0 Å². The van der Waals surface area contributed by atoms with Gasteiger partial charge in [0.15, 0.2) is 0 Å². The Kier molecular flexibility index (Phi) is 4.28. The minimum absolute atomic E-state index is 0.574. The van der Waals surface area contributed by atoms with Crippen LogP contribution in [0.2, 0.25) is 0 Å². The van der Waals surface area contributed by atoms with E-state index in [0.717, 1.165) is 12.3 Å². The van der Waals surface area contributed by atoms with Gasteiger partial charge in [-0.05, 0) is 42.9 Å². The first-order valence-electron chi connectivity index (χ1n) is 7.03. The average Bonchev–Trinajstić information content (AvgIpc) is 2.39. The number of methoxy groups -OCH3 is 1. The van der Waals surface area contributed by atoms with Crippen molar-refractivity contribution in [2.45, 2.75) is 51.5 Å². The molecule has 1 heterocycles. The van der Waals surface area contributed by atoms with Crippen molar-refractivity contribution in [1.82, 2.24) is 5.32 Å². The van der Waals surface area contributed by atoms with E-state index in [2.05, 4.69) is 44.3 Å². The molecule has 0 amide bonds. The van der Waals surface area contributed by atoms with Gasteiger partial charge in [0.25, 0.3) is 0 Å². The molecule has 2 heteroatoms. The molecule has 1 saturated heterocycles. The smallest absolute Gasteiger partial charge is 0.122 e.